The van der Waals surface area contributed by atoms with Gasteiger partial charge in [0.25, 0.3) is 0 Å². The van der Waals surface area contributed by atoms with Crippen LogP contribution < -0.4 is 15.0 Å². The number of nitrogens with zero attached hydrogens (tertiary/aromatic N) is 1. The van der Waals surface area contributed by atoms with Crippen LogP contribution in [-0.2, 0) is 5.41 Å². The Labute approximate surface area is 275 Å². The van der Waals surface area contributed by atoms with E-state index in [1.165, 1.54) is 50.2 Å². The lowest BCUT2D eigenvalue weighted by Gasteiger charge is -2.43. The fourth-order valence-electron chi connectivity index (χ4n) is 8.57. The highest BCUT2D eigenvalue weighted by Gasteiger charge is 2.52. The average molecular weight is 605 g/mol. The van der Waals surface area contributed by atoms with Crippen LogP contribution in [0.25, 0.3) is 11.1 Å². The fraction of sp³-hybridized carbons (Fsp3) is 0.0909. The van der Waals surface area contributed by atoms with Crippen molar-refractivity contribution in [2.45, 2.75) is 23.9 Å². The largest absolute Gasteiger partial charge is 0.460 e. The van der Waals surface area contributed by atoms with Gasteiger partial charge in [-0.3, -0.25) is 0 Å². The van der Waals surface area contributed by atoms with Gasteiger partial charge in [0.05, 0.1) is 16.8 Å². The highest BCUT2D eigenvalue weighted by molar-refractivity contribution is 5.88. The van der Waals surface area contributed by atoms with Crippen molar-refractivity contribution in [3.8, 4) is 16.9 Å². The van der Waals surface area contributed by atoms with Crippen LogP contribution in [0.15, 0.2) is 175 Å². The molecule has 1 N–H and O–H groups in total. The Morgan fingerprint density at radius 2 is 1.28 bits per heavy atom. The zero-order valence-electron chi connectivity index (χ0n) is 25.8. The van der Waals surface area contributed by atoms with E-state index in [2.05, 4.69) is 174 Å². The highest BCUT2D eigenvalue weighted by Crippen LogP contribution is 2.62. The molecule has 0 fully saturated rings. The minimum Gasteiger partial charge on any atom is -0.460 e. The van der Waals surface area contributed by atoms with Crippen molar-refractivity contribution < 1.29 is 4.74 Å². The van der Waals surface area contributed by atoms with Gasteiger partial charge < -0.3 is 15.0 Å². The number of hydrogen-bond acceptors (Lipinski definition) is 3. The molecule has 4 aliphatic rings. The summed E-state index contributed by atoms with van der Waals surface area (Å²) in [6.45, 7) is 0. The van der Waals surface area contributed by atoms with Gasteiger partial charge in [-0.15, -0.1) is 0 Å². The number of anilines is 3. The van der Waals surface area contributed by atoms with Gasteiger partial charge in [-0.25, -0.2) is 0 Å². The number of para-hydroxylation sites is 3. The monoisotopic (exact) mass is 604 g/mol. The first-order valence-corrected chi connectivity index (χ1v) is 16.5. The third-order valence-corrected chi connectivity index (χ3v) is 10.5. The standard InChI is InChI=1S/C44H32N2O/c1-2-14-29(15-3-1)43-45-39-25-9-10-26-40(39)46(43)31-17-12-16-30(28-31)32-20-13-24-38-42(32)47-41-27-11-8-23-37(41)44(38)35-21-6-4-18-33(35)34-19-5-7-22-36(34)44/h1-19,21-28,32,43,45H,20H2. The molecule has 0 radical (unpaired) electrons. The van der Waals surface area contributed by atoms with E-state index < -0.39 is 5.41 Å². The van der Waals surface area contributed by atoms with Gasteiger partial charge in [0, 0.05) is 22.7 Å². The summed E-state index contributed by atoms with van der Waals surface area (Å²) in [5.41, 5.74) is 13.2. The SMILES string of the molecule is C1=CC2=C(Oc3ccccc3C23c2ccccc2-c2ccccc23)C(c2cccc(N3c4ccccc4NC3c3ccccc3)c2)C1. The van der Waals surface area contributed by atoms with Crippen molar-refractivity contribution in [1.82, 2.24) is 0 Å². The van der Waals surface area contributed by atoms with Gasteiger partial charge in [0.2, 0.25) is 0 Å². The molecule has 3 heteroatoms. The predicted molar refractivity (Wildman–Crippen MR) is 190 cm³/mol. The van der Waals surface area contributed by atoms with Crippen molar-refractivity contribution in [2.75, 3.05) is 10.2 Å². The minimum absolute atomic E-state index is 0.00236. The van der Waals surface area contributed by atoms with Gasteiger partial charge in [0.1, 0.15) is 17.7 Å². The van der Waals surface area contributed by atoms with E-state index >= 15 is 0 Å². The highest BCUT2D eigenvalue weighted by atomic mass is 16.5. The third kappa shape index (κ3) is 3.68. The first kappa shape index (κ1) is 26.4. The van der Waals surface area contributed by atoms with Crippen molar-refractivity contribution in [3.63, 3.8) is 0 Å². The summed E-state index contributed by atoms with van der Waals surface area (Å²) >= 11 is 0. The van der Waals surface area contributed by atoms with Crippen LogP contribution in [0.2, 0.25) is 0 Å². The summed E-state index contributed by atoms with van der Waals surface area (Å²) in [6, 6.07) is 55.0. The average Bonchev–Trinajstić information content (AvgIpc) is 3.67. The second kappa shape index (κ2) is 10.1. The van der Waals surface area contributed by atoms with Gasteiger partial charge in [-0.05, 0) is 70.1 Å². The summed E-state index contributed by atoms with van der Waals surface area (Å²) in [5.74, 6) is 2.06. The van der Waals surface area contributed by atoms with Gasteiger partial charge in [0.15, 0.2) is 0 Å². The molecule has 10 rings (SSSR count). The molecule has 2 heterocycles. The molecule has 47 heavy (non-hydrogen) atoms. The maximum absolute atomic E-state index is 7.03. The summed E-state index contributed by atoms with van der Waals surface area (Å²) < 4.78 is 7.03. The second-order valence-electron chi connectivity index (χ2n) is 12.8. The van der Waals surface area contributed by atoms with E-state index in [0.717, 1.165) is 29.3 Å². The number of benzene rings is 6. The molecular weight excluding hydrogens is 572 g/mol. The molecule has 2 atom stereocenters. The summed E-state index contributed by atoms with van der Waals surface area (Å²) in [7, 11) is 0. The van der Waals surface area contributed by atoms with E-state index in [1.807, 2.05) is 0 Å². The molecule has 2 aliphatic heterocycles. The third-order valence-electron chi connectivity index (χ3n) is 10.5. The number of rotatable bonds is 3. The minimum atomic E-state index is -0.444. The molecule has 1 spiro atoms. The normalized spacial score (nSPS) is 19.3. The lowest BCUT2D eigenvalue weighted by molar-refractivity contribution is 0.345. The zero-order valence-corrected chi connectivity index (χ0v) is 25.8. The van der Waals surface area contributed by atoms with Crippen molar-refractivity contribution in [3.05, 3.63) is 203 Å². The zero-order chi connectivity index (χ0) is 31.0. The number of hydrogen-bond donors (Lipinski definition) is 1. The lowest BCUT2D eigenvalue weighted by atomic mass is 9.63. The fourth-order valence-corrected chi connectivity index (χ4v) is 8.57. The van der Waals surface area contributed by atoms with Crippen LogP contribution in [-0.4, -0.2) is 0 Å². The van der Waals surface area contributed by atoms with Crippen LogP contribution >= 0.6 is 0 Å². The Kier molecular flexibility index (Phi) is 5.68. The van der Waals surface area contributed by atoms with Crippen molar-refractivity contribution in [2.24, 2.45) is 0 Å². The van der Waals surface area contributed by atoms with E-state index in [4.69, 9.17) is 4.74 Å². The smallest absolute Gasteiger partial charge is 0.131 e. The number of ether oxygens (including phenoxy) is 1. The van der Waals surface area contributed by atoms with Crippen LogP contribution in [0.3, 0.4) is 0 Å². The number of fused-ring (bicyclic) bond motifs is 9. The Morgan fingerprint density at radius 1 is 0.617 bits per heavy atom. The summed E-state index contributed by atoms with van der Waals surface area (Å²) in [5, 5.41) is 3.79. The van der Waals surface area contributed by atoms with Crippen molar-refractivity contribution in [1.29, 1.82) is 0 Å². The van der Waals surface area contributed by atoms with E-state index in [1.54, 1.807) is 0 Å². The Balaban J connectivity index is 1.16. The lowest BCUT2D eigenvalue weighted by Crippen LogP contribution is -2.36. The molecule has 3 nitrogen and oxygen atoms in total. The summed E-state index contributed by atoms with van der Waals surface area (Å²) in [6.07, 6.45) is 5.58. The van der Waals surface area contributed by atoms with Crippen molar-refractivity contribution >= 4 is 17.1 Å². The molecule has 6 aromatic carbocycles. The quantitative estimate of drug-likeness (QED) is 0.218. The molecule has 0 saturated carbocycles. The molecular formula is C44H32N2O. The summed E-state index contributed by atoms with van der Waals surface area (Å²) in [4.78, 5) is 2.43. The Morgan fingerprint density at radius 3 is 2.09 bits per heavy atom. The van der Waals surface area contributed by atoms with Crippen LogP contribution in [0.4, 0.5) is 17.1 Å². The van der Waals surface area contributed by atoms with E-state index in [-0.39, 0.29) is 12.1 Å². The molecule has 6 aromatic rings. The molecule has 0 aromatic heterocycles. The van der Waals surface area contributed by atoms with Crippen LogP contribution in [0.5, 0.6) is 5.75 Å². The first-order valence-electron chi connectivity index (χ1n) is 16.5. The van der Waals surface area contributed by atoms with Crippen LogP contribution in [0.1, 0.15) is 46.3 Å². The predicted octanol–water partition coefficient (Wildman–Crippen LogP) is 10.7. The topological polar surface area (TPSA) is 24.5 Å². The molecule has 0 amide bonds. The van der Waals surface area contributed by atoms with Gasteiger partial charge in [-0.2, -0.15) is 0 Å². The van der Waals surface area contributed by atoms with E-state index in [0.29, 0.717) is 0 Å². The molecule has 2 aliphatic carbocycles. The van der Waals surface area contributed by atoms with Gasteiger partial charge in [-0.1, -0.05) is 133 Å². The molecule has 2 unspecified atom stereocenters. The van der Waals surface area contributed by atoms with E-state index in [9.17, 15) is 0 Å². The van der Waals surface area contributed by atoms with Gasteiger partial charge >= 0.3 is 0 Å². The molecule has 224 valence electrons. The number of nitrogens with one attached hydrogen (secondary N) is 1. The Hall–Kier alpha value is -5.80. The molecule has 0 bridgehead atoms. The number of allylic oxidation sites excluding steroid dienone is 4. The second-order valence-corrected chi connectivity index (χ2v) is 12.8. The maximum Gasteiger partial charge on any atom is 0.131 e. The first-order chi connectivity index (χ1) is 23.3. The van der Waals surface area contributed by atoms with Crippen LogP contribution in [0, 0.1) is 0 Å². The maximum atomic E-state index is 7.03. The molecule has 0 saturated heterocycles. The Bertz CT molecular complexity index is 2220.